The van der Waals surface area contributed by atoms with Crippen LogP contribution < -0.4 is 9.47 Å². The van der Waals surface area contributed by atoms with Crippen molar-refractivity contribution in [3.63, 3.8) is 0 Å². The van der Waals surface area contributed by atoms with Gasteiger partial charge in [0, 0.05) is 44.5 Å². The molecular weight excluding hydrogens is 564 g/mol. The van der Waals surface area contributed by atoms with Gasteiger partial charge in [0.25, 0.3) is 0 Å². The zero-order chi connectivity index (χ0) is 31.4. The number of unbranched alkanes of at least 4 members (excludes halogenated alkanes) is 4. The van der Waals surface area contributed by atoms with Gasteiger partial charge in [-0.1, -0.05) is 94.6 Å². The predicted molar refractivity (Wildman–Crippen MR) is 174 cm³/mol. The Labute approximate surface area is 262 Å². The Morgan fingerprint density at radius 1 is 0.791 bits per heavy atom. The molecule has 6 nitrogen and oxygen atoms in total. The molecule has 0 bridgehead atoms. The summed E-state index contributed by atoms with van der Waals surface area (Å²) in [6, 6.07) is 7.96. The van der Waals surface area contributed by atoms with E-state index in [1.807, 2.05) is 30.3 Å². The highest BCUT2D eigenvalue weighted by Crippen LogP contribution is 2.44. The second kappa shape index (κ2) is 17.1. The maximum absolute atomic E-state index is 12.4. The Morgan fingerprint density at radius 2 is 1.26 bits per heavy atom. The monoisotopic (exact) mass is 610 g/mol. The molecule has 0 heterocycles. The van der Waals surface area contributed by atoms with Crippen molar-refractivity contribution in [2.24, 2.45) is 0 Å². The van der Waals surface area contributed by atoms with Crippen molar-refractivity contribution >= 4 is 34.3 Å². The van der Waals surface area contributed by atoms with Gasteiger partial charge in [0.1, 0.15) is 36.9 Å². The summed E-state index contributed by atoms with van der Waals surface area (Å²) >= 11 is 6.58. The average molecular weight is 611 g/mol. The number of hydrogen-bond donors (Lipinski definition) is 0. The molecule has 0 fully saturated rings. The first-order chi connectivity index (χ1) is 20.7. The van der Waals surface area contributed by atoms with Gasteiger partial charge in [-0.25, -0.2) is 9.59 Å². The summed E-state index contributed by atoms with van der Waals surface area (Å²) in [5.41, 5.74) is 2.69. The molecule has 0 saturated carbocycles. The molecule has 43 heavy (non-hydrogen) atoms. The summed E-state index contributed by atoms with van der Waals surface area (Å²) in [5.74, 6) is 0.659. The zero-order valence-electron chi connectivity index (χ0n) is 26.3. The molecule has 2 unspecified atom stereocenters. The van der Waals surface area contributed by atoms with Crippen LogP contribution in [0.3, 0.4) is 0 Å². The van der Waals surface area contributed by atoms with E-state index in [0.717, 1.165) is 77.0 Å². The van der Waals surface area contributed by atoms with E-state index in [-0.39, 0.29) is 13.2 Å². The highest BCUT2D eigenvalue weighted by Gasteiger charge is 2.26. The summed E-state index contributed by atoms with van der Waals surface area (Å²) in [4.78, 5) is 24.8. The highest BCUT2D eigenvalue weighted by molar-refractivity contribution is 6.30. The molecule has 2 atom stereocenters. The van der Waals surface area contributed by atoms with Crippen molar-refractivity contribution in [3.8, 4) is 11.5 Å². The molecule has 234 valence electrons. The van der Waals surface area contributed by atoms with Crippen molar-refractivity contribution in [2.75, 3.05) is 13.2 Å². The second-order valence-corrected chi connectivity index (χ2v) is 11.9. The van der Waals surface area contributed by atoms with E-state index in [1.54, 1.807) is 13.8 Å². The largest absolute Gasteiger partial charge is 0.489 e. The molecular formula is C36H47ClO6. The van der Waals surface area contributed by atoms with Crippen LogP contribution in [-0.2, 0) is 31.9 Å². The Hall–Kier alpha value is -3.25. The minimum absolute atomic E-state index is 0.219. The number of halogens is 1. The van der Waals surface area contributed by atoms with Crippen molar-refractivity contribution in [1.82, 2.24) is 0 Å². The van der Waals surface area contributed by atoms with Gasteiger partial charge < -0.3 is 18.9 Å². The van der Waals surface area contributed by atoms with Crippen molar-refractivity contribution in [3.05, 3.63) is 70.8 Å². The number of benzene rings is 2. The topological polar surface area (TPSA) is 71.1 Å². The van der Waals surface area contributed by atoms with Crippen LogP contribution in [0.1, 0.15) is 90.2 Å². The van der Waals surface area contributed by atoms with Crippen LogP contribution in [0, 0.1) is 0 Å². The maximum Gasteiger partial charge on any atom is 0.333 e. The van der Waals surface area contributed by atoms with E-state index in [2.05, 4.69) is 27.0 Å². The fraction of sp³-hybridized carbons (Fsp3) is 0.500. The number of allylic oxidation sites excluding steroid dienone is 2. The van der Waals surface area contributed by atoms with Crippen molar-refractivity contribution < 1.29 is 28.5 Å². The molecule has 1 aliphatic rings. The normalized spacial score (nSPS) is 13.8. The van der Waals surface area contributed by atoms with Crippen LogP contribution in [0.4, 0.5) is 0 Å². The lowest BCUT2D eigenvalue weighted by molar-refractivity contribution is -0.147. The average Bonchev–Trinajstić information content (AvgIpc) is 2.98. The summed E-state index contributed by atoms with van der Waals surface area (Å²) in [6.45, 7) is 15.5. The van der Waals surface area contributed by atoms with Crippen LogP contribution in [0.5, 0.6) is 11.5 Å². The lowest BCUT2D eigenvalue weighted by Crippen LogP contribution is -2.27. The molecule has 0 spiro atoms. The van der Waals surface area contributed by atoms with Gasteiger partial charge >= 0.3 is 11.9 Å². The van der Waals surface area contributed by atoms with E-state index >= 15 is 0 Å². The fourth-order valence-corrected chi connectivity index (χ4v) is 5.33. The third kappa shape index (κ3) is 9.89. The number of rotatable bonds is 18. The lowest BCUT2D eigenvalue weighted by Gasteiger charge is -2.27. The van der Waals surface area contributed by atoms with Gasteiger partial charge in [-0.05, 0) is 46.0 Å². The molecule has 0 amide bonds. The molecule has 2 aromatic carbocycles. The van der Waals surface area contributed by atoms with Gasteiger partial charge in [-0.15, -0.1) is 0 Å². The Morgan fingerprint density at radius 3 is 1.70 bits per heavy atom. The molecule has 0 aromatic heterocycles. The molecule has 7 heteroatoms. The van der Waals surface area contributed by atoms with Crippen LogP contribution in [0.15, 0.2) is 59.7 Å². The first-order valence-corrected chi connectivity index (χ1v) is 15.9. The summed E-state index contributed by atoms with van der Waals surface area (Å²) in [7, 11) is 0. The number of hydrogen-bond acceptors (Lipinski definition) is 6. The number of carbonyl (C=O) groups is 2. The number of esters is 2. The van der Waals surface area contributed by atoms with Crippen LogP contribution in [-0.4, -0.2) is 37.4 Å². The minimum Gasteiger partial charge on any atom is -0.489 e. The molecule has 2 aromatic rings. The molecule has 1 aliphatic carbocycles. The number of carbonyl (C=O) groups excluding carboxylic acids is 2. The first kappa shape index (κ1) is 34.2. The summed E-state index contributed by atoms with van der Waals surface area (Å²) < 4.78 is 24.6. The fourth-order valence-electron chi connectivity index (χ4n) is 5.12. The van der Waals surface area contributed by atoms with Crippen LogP contribution in [0.25, 0.3) is 10.8 Å². The van der Waals surface area contributed by atoms with E-state index in [9.17, 15) is 9.59 Å². The van der Waals surface area contributed by atoms with Gasteiger partial charge in [0.2, 0.25) is 0 Å². The standard InChI is InChI=1S/C36H47ClO6/c1-7-9-11-15-27(42-35(38)24(3)4)22-40-33-29-17-13-14-18-30(29)34(32-21-26(37)19-20-31(32)33)41-23-28(16-12-10-8-2)43-36(39)25(5)6/h13-14,17-19,27-28H,3,5,7-12,15-16,20-23H2,1-2,4,6H3. The zero-order valence-corrected chi connectivity index (χ0v) is 27.0. The Balaban J connectivity index is 1.95. The lowest BCUT2D eigenvalue weighted by atomic mass is 9.90. The molecule has 0 aliphatic heterocycles. The van der Waals surface area contributed by atoms with Crippen molar-refractivity contribution in [1.29, 1.82) is 0 Å². The first-order valence-electron chi connectivity index (χ1n) is 15.6. The van der Waals surface area contributed by atoms with Crippen LogP contribution in [0.2, 0.25) is 0 Å². The predicted octanol–water partition coefficient (Wildman–Crippen LogP) is 8.96. The smallest absolute Gasteiger partial charge is 0.333 e. The number of ether oxygens (including phenoxy) is 4. The molecule has 3 rings (SSSR count). The summed E-state index contributed by atoms with van der Waals surface area (Å²) in [5, 5.41) is 2.53. The highest BCUT2D eigenvalue weighted by atomic mass is 35.5. The summed E-state index contributed by atoms with van der Waals surface area (Å²) in [6.07, 6.45) is 9.82. The van der Waals surface area contributed by atoms with Gasteiger partial charge in [0.15, 0.2) is 0 Å². The number of fused-ring (bicyclic) bond motifs is 2. The van der Waals surface area contributed by atoms with Gasteiger partial charge in [-0.2, -0.15) is 0 Å². The maximum atomic E-state index is 12.4. The SMILES string of the molecule is C=C(C)C(=O)OC(CCCCC)COc1c2c(c(OCC(CCCCC)OC(=O)C(=C)C)c3ccccc13)CC(Cl)=CC2. The van der Waals surface area contributed by atoms with E-state index < -0.39 is 24.1 Å². The van der Waals surface area contributed by atoms with Gasteiger partial charge in [-0.3, -0.25) is 0 Å². The van der Waals surface area contributed by atoms with Crippen molar-refractivity contribution in [2.45, 2.75) is 104 Å². The molecule has 0 saturated heterocycles. The van der Waals surface area contributed by atoms with E-state index in [4.69, 9.17) is 30.5 Å². The third-order valence-corrected chi connectivity index (χ3v) is 7.82. The molecule has 0 radical (unpaired) electrons. The van der Waals surface area contributed by atoms with Crippen LogP contribution >= 0.6 is 11.6 Å². The van der Waals surface area contributed by atoms with E-state index in [1.165, 1.54) is 0 Å². The Bertz CT molecular complexity index is 1330. The van der Waals surface area contributed by atoms with Gasteiger partial charge in [0.05, 0.1) is 0 Å². The Kier molecular flexibility index (Phi) is 13.7. The van der Waals surface area contributed by atoms with E-state index in [0.29, 0.717) is 36.8 Å². The minimum atomic E-state index is -0.410. The molecule has 0 N–H and O–H groups in total. The quantitative estimate of drug-likeness (QED) is 0.0953. The second-order valence-electron chi connectivity index (χ2n) is 11.4. The third-order valence-electron chi connectivity index (χ3n) is 7.53.